The maximum atomic E-state index is 13.5. The molecule has 154 valence electrons. The molecular formula is C20H25N5O3S. The number of hydrogen-bond donors (Lipinski definition) is 2. The first kappa shape index (κ1) is 19.8. The van der Waals surface area contributed by atoms with E-state index in [1.165, 1.54) is 0 Å². The monoisotopic (exact) mass is 415 g/mol. The van der Waals surface area contributed by atoms with Crippen molar-refractivity contribution >= 4 is 33.3 Å². The zero-order valence-corrected chi connectivity index (χ0v) is 17.4. The second kappa shape index (κ2) is 7.74. The van der Waals surface area contributed by atoms with Crippen LogP contribution in [-0.2, 0) is 14.8 Å². The van der Waals surface area contributed by atoms with E-state index >= 15 is 0 Å². The van der Waals surface area contributed by atoms with Gasteiger partial charge in [0.15, 0.2) is 0 Å². The van der Waals surface area contributed by atoms with Crippen molar-refractivity contribution < 1.29 is 13.2 Å². The lowest BCUT2D eigenvalue weighted by atomic mass is 10.1. The molecule has 0 bridgehead atoms. The van der Waals surface area contributed by atoms with Crippen LogP contribution < -0.4 is 5.32 Å². The van der Waals surface area contributed by atoms with Crippen LogP contribution in [0.4, 0.5) is 5.69 Å². The van der Waals surface area contributed by atoms with Gasteiger partial charge in [-0.2, -0.15) is 4.31 Å². The topological polar surface area (TPSA) is 98.4 Å². The predicted octanol–water partition coefficient (Wildman–Crippen LogP) is 1.93. The van der Waals surface area contributed by atoms with Crippen LogP contribution in [0.15, 0.2) is 29.3 Å². The third-order valence-corrected chi connectivity index (χ3v) is 7.36. The zero-order chi connectivity index (χ0) is 20.6. The van der Waals surface area contributed by atoms with Gasteiger partial charge in [0.1, 0.15) is 5.82 Å². The minimum absolute atomic E-state index is 0.167. The molecule has 0 spiro atoms. The third-order valence-electron chi connectivity index (χ3n) is 5.42. The summed E-state index contributed by atoms with van der Waals surface area (Å²) in [4.78, 5) is 22.2. The van der Waals surface area contributed by atoms with Gasteiger partial charge >= 0.3 is 0 Å². The minimum Gasteiger partial charge on any atom is -0.343 e. The van der Waals surface area contributed by atoms with Gasteiger partial charge < -0.3 is 15.2 Å². The molecule has 3 heterocycles. The number of aromatic amines is 1. The number of carbonyl (C=O) groups excluding carboxylic acids is 1. The van der Waals surface area contributed by atoms with Crippen molar-refractivity contribution in [1.29, 1.82) is 0 Å². The van der Waals surface area contributed by atoms with E-state index < -0.39 is 10.0 Å². The number of amides is 1. The zero-order valence-electron chi connectivity index (χ0n) is 16.6. The van der Waals surface area contributed by atoms with E-state index in [2.05, 4.69) is 27.1 Å². The van der Waals surface area contributed by atoms with Gasteiger partial charge in [-0.25, -0.2) is 13.4 Å². The SMILES string of the molecule is CCN1CCCN(S(=O)(=O)c2cccc3c2C(=Cc2cnc(C)[nH]2)C(=O)N3)CC1. The molecule has 0 atom stereocenters. The lowest BCUT2D eigenvalue weighted by Gasteiger charge is -2.22. The molecule has 0 saturated carbocycles. The number of benzene rings is 1. The Balaban J connectivity index is 1.76. The van der Waals surface area contributed by atoms with Crippen molar-refractivity contribution in [2.24, 2.45) is 0 Å². The van der Waals surface area contributed by atoms with E-state index in [4.69, 9.17) is 0 Å². The predicted molar refractivity (Wildman–Crippen MR) is 112 cm³/mol. The first-order chi connectivity index (χ1) is 13.9. The van der Waals surface area contributed by atoms with Crippen LogP contribution in [0.2, 0.25) is 0 Å². The highest BCUT2D eigenvalue weighted by molar-refractivity contribution is 7.89. The van der Waals surface area contributed by atoms with Crippen LogP contribution in [0.5, 0.6) is 0 Å². The van der Waals surface area contributed by atoms with Crippen molar-refractivity contribution in [2.45, 2.75) is 25.2 Å². The number of carbonyl (C=O) groups is 1. The summed E-state index contributed by atoms with van der Waals surface area (Å²) in [6, 6.07) is 4.99. The van der Waals surface area contributed by atoms with E-state index in [1.807, 2.05) is 6.92 Å². The van der Waals surface area contributed by atoms with Crippen molar-refractivity contribution in [3.05, 3.63) is 41.5 Å². The number of likely N-dealkylation sites (N-methyl/N-ethyl adjacent to an activating group) is 1. The van der Waals surface area contributed by atoms with E-state index in [-0.39, 0.29) is 10.8 Å². The second-order valence-corrected chi connectivity index (χ2v) is 9.21. The summed E-state index contributed by atoms with van der Waals surface area (Å²) < 4.78 is 28.6. The van der Waals surface area contributed by atoms with Crippen LogP contribution in [0, 0.1) is 6.92 Å². The molecule has 1 amide bonds. The van der Waals surface area contributed by atoms with Crippen LogP contribution in [0.1, 0.15) is 30.4 Å². The molecule has 2 N–H and O–H groups in total. The molecule has 0 radical (unpaired) electrons. The molecule has 2 aliphatic heterocycles. The van der Waals surface area contributed by atoms with Gasteiger partial charge in [-0.3, -0.25) is 4.79 Å². The number of imidazole rings is 1. The molecule has 1 aromatic carbocycles. The molecule has 2 aromatic rings. The Kier molecular flexibility index (Phi) is 5.28. The molecule has 1 aromatic heterocycles. The molecule has 8 nitrogen and oxygen atoms in total. The third kappa shape index (κ3) is 3.73. The number of nitrogens with one attached hydrogen (secondary N) is 2. The summed E-state index contributed by atoms with van der Waals surface area (Å²) in [6.45, 7) is 7.32. The van der Waals surface area contributed by atoms with E-state index in [0.717, 1.165) is 25.3 Å². The maximum Gasteiger partial charge on any atom is 0.256 e. The summed E-state index contributed by atoms with van der Waals surface area (Å²) in [5.41, 5.74) is 1.93. The fourth-order valence-corrected chi connectivity index (χ4v) is 5.58. The first-order valence-electron chi connectivity index (χ1n) is 9.80. The van der Waals surface area contributed by atoms with Gasteiger partial charge in [0.25, 0.3) is 5.91 Å². The summed E-state index contributed by atoms with van der Waals surface area (Å²) in [5, 5.41) is 2.79. The number of aromatic nitrogens is 2. The average Bonchev–Trinajstić information content (AvgIpc) is 3.13. The quantitative estimate of drug-likeness (QED) is 0.744. The van der Waals surface area contributed by atoms with Crippen molar-refractivity contribution in [2.75, 3.05) is 38.0 Å². The first-order valence-corrected chi connectivity index (χ1v) is 11.2. The molecule has 1 saturated heterocycles. The molecule has 0 aliphatic carbocycles. The van der Waals surface area contributed by atoms with Gasteiger partial charge in [0.05, 0.1) is 28.0 Å². The molecule has 2 aliphatic rings. The van der Waals surface area contributed by atoms with E-state index in [9.17, 15) is 13.2 Å². The van der Waals surface area contributed by atoms with Gasteiger partial charge in [0.2, 0.25) is 10.0 Å². The maximum absolute atomic E-state index is 13.5. The Labute approximate surface area is 170 Å². The molecule has 1 fully saturated rings. The largest absolute Gasteiger partial charge is 0.343 e. The minimum atomic E-state index is -3.74. The van der Waals surface area contributed by atoms with Crippen LogP contribution >= 0.6 is 0 Å². The molecular weight excluding hydrogens is 390 g/mol. The highest BCUT2D eigenvalue weighted by Crippen LogP contribution is 2.38. The van der Waals surface area contributed by atoms with Crippen LogP contribution in [0.25, 0.3) is 11.6 Å². The molecule has 9 heteroatoms. The Hall–Kier alpha value is -2.49. The smallest absolute Gasteiger partial charge is 0.256 e. The number of sulfonamides is 1. The van der Waals surface area contributed by atoms with Crippen molar-refractivity contribution in [1.82, 2.24) is 19.2 Å². The number of hydrogen-bond acceptors (Lipinski definition) is 5. The van der Waals surface area contributed by atoms with Gasteiger partial charge in [-0.05, 0) is 44.6 Å². The summed E-state index contributed by atoms with van der Waals surface area (Å²) in [6.07, 6.45) is 4.07. The number of rotatable bonds is 4. The van der Waals surface area contributed by atoms with Gasteiger partial charge in [0, 0.05) is 25.2 Å². The average molecular weight is 416 g/mol. The number of anilines is 1. The Bertz CT molecular complexity index is 1070. The summed E-state index contributed by atoms with van der Waals surface area (Å²) >= 11 is 0. The number of aryl methyl sites for hydroxylation is 1. The Morgan fingerprint density at radius 2 is 2.03 bits per heavy atom. The summed E-state index contributed by atoms with van der Waals surface area (Å²) in [5.74, 6) is 0.407. The Morgan fingerprint density at radius 1 is 1.21 bits per heavy atom. The fraction of sp³-hybridized carbons (Fsp3) is 0.400. The van der Waals surface area contributed by atoms with E-state index in [0.29, 0.717) is 42.2 Å². The van der Waals surface area contributed by atoms with Gasteiger partial charge in [-0.1, -0.05) is 13.0 Å². The Morgan fingerprint density at radius 3 is 2.76 bits per heavy atom. The number of H-pyrrole nitrogens is 1. The standard InChI is InChI=1S/C20H25N5O3S/c1-3-24-8-5-9-25(11-10-24)29(27,28)18-7-4-6-17-19(18)16(20(26)23-17)12-15-13-21-14(2)22-15/h4,6-7,12-13H,3,5,8-11H2,1-2H3,(H,21,22)(H,23,26). The lowest BCUT2D eigenvalue weighted by Crippen LogP contribution is -2.35. The number of fused-ring (bicyclic) bond motifs is 1. The van der Waals surface area contributed by atoms with Crippen LogP contribution in [0.3, 0.4) is 0 Å². The fourth-order valence-electron chi connectivity index (χ4n) is 3.88. The molecule has 0 unspecified atom stereocenters. The molecule has 29 heavy (non-hydrogen) atoms. The summed E-state index contributed by atoms with van der Waals surface area (Å²) in [7, 11) is -3.74. The lowest BCUT2D eigenvalue weighted by molar-refractivity contribution is -0.110. The van der Waals surface area contributed by atoms with Gasteiger partial charge in [-0.15, -0.1) is 0 Å². The van der Waals surface area contributed by atoms with Crippen LogP contribution in [-0.4, -0.2) is 66.2 Å². The number of nitrogens with zero attached hydrogens (tertiary/aromatic N) is 3. The molecule has 4 rings (SSSR count). The van der Waals surface area contributed by atoms with Crippen molar-refractivity contribution in [3.8, 4) is 0 Å². The second-order valence-electron chi connectivity index (χ2n) is 7.31. The van der Waals surface area contributed by atoms with E-state index in [1.54, 1.807) is 34.8 Å². The normalized spacial score (nSPS) is 19.9. The highest BCUT2D eigenvalue weighted by Gasteiger charge is 2.35. The highest BCUT2D eigenvalue weighted by atomic mass is 32.2. The van der Waals surface area contributed by atoms with Crippen molar-refractivity contribution in [3.63, 3.8) is 0 Å².